The Kier molecular flexibility index (Phi) is 4.30. The normalized spacial score (nSPS) is 12.9. The summed E-state index contributed by atoms with van der Waals surface area (Å²) >= 11 is -2.46. The summed E-state index contributed by atoms with van der Waals surface area (Å²) in [5.74, 6) is -3.85. The molecule has 0 N–H and O–H groups in total. The minimum Gasteiger partial charge on any atom is -0.182 e. The van der Waals surface area contributed by atoms with Crippen LogP contribution in [0.5, 0.6) is 0 Å². The minimum absolute atomic E-state index is 1.23. The van der Waals surface area contributed by atoms with Crippen molar-refractivity contribution in [3.8, 4) is 0 Å². The fourth-order valence-electron chi connectivity index (χ4n) is 0.774. The zero-order chi connectivity index (χ0) is 14.1. The number of nitrogens with zero attached hydrogens (tertiary/aromatic N) is 2. The van der Waals surface area contributed by atoms with Crippen molar-refractivity contribution >= 4 is 23.5 Å². The van der Waals surface area contributed by atoms with Crippen molar-refractivity contribution in [2.75, 3.05) is 0 Å². The van der Waals surface area contributed by atoms with Crippen molar-refractivity contribution in [3.05, 3.63) is 11.9 Å². The summed E-state index contributed by atoms with van der Waals surface area (Å²) in [5, 5.41) is 4.72. The standard InChI is InChI=1S/C6F8N2S2/c7-3-1(17-5(9,10)11)2(4(8)16-15-3)18-6(12,13)14. The van der Waals surface area contributed by atoms with Crippen LogP contribution < -0.4 is 0 Å². The molecule has 0 fully saturated rings. The number of halogens is 8. The molecule has 0 amide bonds. The highest BCUT2D eigenvalue weighted by Crippen LogP contribution is 2.47. The first-order valence-electron chi connectivity index (χ1n) is 3.73. The van der Waals surface area contributed by atoms with E-state index < -0.39 is 56.2 Å². The highest BCUT2D eigenvalue weighted by atomic mass is 32.2. The Morgan fingerprint density at radius 2 is 0.944 bits per heavy atom. The molecule has 0 radical (unpaired) electrons. The summed E-state index contributed by atoms with van der Waals surface area (Å²) in [6.07, 6.45) is 0. The van der Waals surface area contributed by atoms with E-state index in [0.717, 1.165) is 0 Å². The van der Waals surface area contributed by atoms with Crippen molar-refractivity contribution in [2.24, 2.45) is 0 Å². The van der Waals surface area contributed by atoms with Gasteiger partial charge in [0.05, 0.1) is 9.79 Å². The van der Waals surface area contributed by atoms with Crippen molar-refractivity contribution < 1.29 is 35.1 Å². The maximum atomic E-state index is 12.9. The second-order valence-corrected chi connectivity index (χ2v) is 4.69. The Balaban J connectivity index is 3.25. The van der Waals surface area contributed by atoms with E-state index in [-0.39, 0.29) is 0 Å². The van der Waals surface area contributed by atoms with Gasteiger partial charge in [-0.1, -0.05) is 0 Å². The number of thioether (sulfide) groups is 2. The molecular weight excluding hydrogens is 316 g/mol. The Bertz CT molecular complexity index is 401. The maximum absolute atomic E-state index is 12.9. The molecule has 0 saturated carbocycles. The average molecular weight is 316 g/mol. The van der Waals surface area contributed by atoms with E-state index >= 15 is 0 Å². The fourth-order valence-corrected chi connectivity index (χ4v) is 2.09. The van der Waals surface area contributed by atoms with Gasteiger partial charge in [0.25, 0.3) is 0 Å². The van der Waals surface area contributed by atoms with Crippen LogP contribution in [0.3, 0.4) is 0 Å². The lowest BCUT2D eigenvalue weighted by atomic mass is 10.5. The quantitative estimate of drug-likeness (QED) is 0.609. The van der Waals surface area contributed by atoms with Crippen LogP contribution in [0.4, 0.5) is 35.1 Å². The smallest absolute Gasteiger partial charge is 0.182 e. The van der Waals surface area contributed by atoms with Gasteiger partial charge in [-0.25, -0.2) is 0 Å². The molecule has 0 aliphatic heterocycles. The Labute approximate surface area is 102 Å². The van der Waals surface area contributed by atoms with E-state index in [1.54, 1.807) is 0 Å². The predicted octanol–water partition coefficient (Wildman–Crippen LogP) is 3.98. The van der Waals surface area contributed by atoms with Crippen LogP contribution in [-0.2, 0) is 0 Å². The summed E-state index contributed by atoms with van der Waals surface area (Å²) in [4.78, 5) is -3.20. The van der Waals surface area contributed by atoms with Crippen molar-refractivity contribution in [3.63, 3.8) is 0 Å². The molecule has 0 atom stereocenters. The summed E-state index contributed by atoms with van der Waals surface area (Å²) in [5.41, 5.74) is -10.2. The zero-order valence-corrected chi connectivity index (χ0v) is 9.37. The fraction of sp³-hybridized carbons (Fsp3) is 0.333. The Morgan fingerprint density at radius 3 is 1.17 bits per heavy atom. The van der Waals surface area contributed by atoms with Crippen molar-refractivity contribution in [1.29, 1.82) is 0 Å². The van der Waals surface area contributed by atoms with Crippen LogP contribution in [0.2, 0.25) is 0 Å². The number of hydrogen-bond donors (Lipinski definition) is 0. The number of aromatic nitrogens is 2. The van der Waals surface area contributed by atoms with Crippen LogP contribution in [0.25, 0.3) is 0 Å². The molecule has 102 valence electrons. The van der Waals surface area contributed by atoms with Gasteiger partial charge in [0.2, 0.25) is 11.9 Å². The molecule has 2 nitrogen and oxygen atoms in total. The second kappa shape index (κ2) is 5.07. The van der Waals surface area contributed by atoms with Gasteiger partial charge in [-0.2, -0.15) is 35.1 Å². The molecule has 12 heteroatoms. The Hall–Kier alpha value is -0.780. The third-order valence-corrected chi connectivity index (χ3v) is 2.99. The topological polar surface area (TPSA) is 25.8 Å². The molecule has 18 heavy (non-hydrogen) atoms. The van der Waals surface area contributed by atoms with Gasteiger partial charge < -0.3 is 0 Å². The molecule has 0 bridgehead atoms. The van der Waals surface area contributed by atoms with Gasteiger partial charge in [-0.05, 0) is 23.5 Å². The first kappa shape index (κ1) is 15.3. The lowest BCUT2D eigenvalue weighted by Gasteiger charge is -2.12. The van der Waals surface area contributed by atoms with Crippen LogP contribution >= 0.6 is 23.5 Å². The molecule has 1 aromatic rings. The van der Waals surface area contributed by atoms with Gasteiger partial charge in [0.1, 0.15) is 0 Å². The molecular formula is C6F8N2S2. The summed E-state index contributed by atoms with van der Waals surface area (Å²) in [7, 11) is 0. The molecule has 0 aromatic carbocycles. The lowest BCUT2D eigenvalue weighted by Crippen LogP contribution is -2.09. The van der Waals surface area contributed by atoms with Gasteiger partial charge in [-0.15, -0.1) is 10.2 Å². The lowest BCUT2D eigenvalue weighted by molar-refractivity contribution is -0.0349. The zero-order valence-electron chi connectivity index (χ0n) is 7.73. The molecule has 0 saturated heterocycles. The van der Waals surface area contributed by atoms with Crippen LogP contribution in [0, 0.1) is 11.9 Å². The van der Waals surface area contributed by atoms with Gasteiger partial charge in [0.15, 0.2) is 0 Å². The second-order valence-electron chi connectivity index (χ2n) is 2.54. The first-order chi connectivity index (χ1) is 7.99. The first-order valence-corrected chi connectivity index (χ1v) is 5.36. The number of hydrogen-bond acceptors (Lipinski definition) is 4. The van der Waals surface area contributed by atoms with Crippen LogP contribution in [-0.4, -0.2) is 21.2 Å². The van der Waals surface area contributed by atoms with E-state index in [2.05, 4.69) is 10.2 Å². The van der Waals surface area contributed by atoms with Gasteiger partial charge in [-0.3, -0.25) is 0 Å². The molecule has 1 aromatic heterocycles. The molecule has 1 rings (SSSR count). The summed E-state index contributed by atoms with van der Waals surface area (Å²) < 4.78 is 97.8. The molecule has 0 aliphatic rings. The largest absolute Gasteiger partial charge is 0.446 e. The predicted molar refractivity (Wildman–Crippen MR) is 45.8 cm³/mol. The average Bonchev–Trinajstić information content (AvgIpc) is 2.14. The molecule has 0 aliphatic carbocycles. The third-order valence-electron chi connectivity index (χ3n) is 1.24. The van der Waals surface area contributed by atoms with Crippen LogP contribution in [0.15, 0.2) is 9.79 Å². The number of rotatable bonds is 2. The summed E-state index contributed by atoms with van der Waals surface area (Å²) in [6.45, 7) is 0. The highest BCUT2D eigenvalue weighted by Gasteiger charge is 2.38. The highest BCUT2D eigenvalue weighted by molar-refractivity contribution is 8.03. The third kappa shape index (κ3) is 4.48. The minimum atomic E-state index is -5.09. The maximum Gasteiger partial charge on any atom is 0.446 e. The van der Waals surface area contributed by atoms with E-state index in [1.807, 2.05) is 0 Å². The van der Waals surface area contributed by atoms with E-state index in [1.165, 1.54) is 0 Å². The molecule has 1 heterocycles. The summed E-state index contributed by atoms with van der Waals surface area (Å²) in [6, 6.07) is 0. The van der Waals surface area contributed by atoms with E-state index in [4.69, 9.17) is 0 Å². The van der Waals surface area contributed by atoms with Gasteiger partial charge in [0, 0.05) is 0 Å². The van der Waals surface area contributed by atoms with E-state index in [9.17, 15) is 35.1 Å². The van der Waals surface area contributed by atoms with Crippen molar-refractivity contribution in [2.45, 2.75) is 20.8 Å². The Morgan fingerprint density at radius 1 is 0.667 bits per heavy atom. The number of alkyl halides is 6. The molecule has 0 spiro atoms. The SMILES string of the molecule is Fc1nnc(F)c(SC(F)(F)F)c1SC(F)(F)F. The van der Waals surface area contributed by atoms with Crippen molar-refractivity contribution in [1.82, 2.24) is 10.2 Å². The van der Waals surface area contributed by atoms with Crippen LogP contribution in [0.1, 0.15) is 0 Å². The van der Waals surface area contributed by atoms with Gasteiger partial charge >= 0.3 is 11.0 Å². The molecule has 0 unspecified atom stereocenters. The monoisotopic (exact) mass is 316 g/mol. The van der Waals surface area contributed by atoms with E-state index in [0.29, 0.717) is 0 Å².